The van der Waals surface area contributed by atoms with E-state index in [1.807, 2.05) is 0 Å². The van der Waals surface area contributed by atoms with Gasteiger partial charge in [0, 0.05) is 30.5 Å². The lowest BCUT2D eigenvalue weighted by Crippen LogP contribution is -2.45. The summed E-state index contributed by atoms with van der Waals surface area (Å²) in [6.45, 7) is -0.882. The molecule has 0 saturated carbocycles. The Morgan fingerprint density at radius 3 is 2.44 bits per heavy atom. The zero-order valence-electron chi connectivity index (χ0n) is 18.1. The number of amides is 1. The fraction of sp³-hybridized carbons (Fsp3) is 0.273. The first-order valence-corrected chi connectivity index (χ1v) is 12.7. The number of carbonyl (C=O) groups excluding carboxylic acids is 1. The van der Waals surface area contributed by atoms with E-state index in [4.69, 9.17) is 0 Å². The van der Waals surface area contributed by atoms with Crippen LogP contribution in [0, 0.1) is 11.6 Å². The summed E-state index contributed by atoms with van der Waals surface area (Å²) in [6, 6.07) is 5.82. The Morgan fingerprint density at radius 2 is 1.81 bits per heavy atom. The molecule has 4 rings (SSSR count). The Morgan fingerprint density at radius 1 is 1.11 bits per heavy atom. The van der Waals surface area contributed by atoms with Gasteiger partial charge in [0.2, 0.25) is 15.9 Å². The molecule has 1 aliphatic rings. The average molecular weight is 550 g/mol. The molecule has 192 valence electrons. The smallest absolute Gasteiger partial charge is 0.351 e. The molecule has 6 nitrogen and oxygen atoms in total. The van der Waals surface area contributed by atoms with Gasteiger partial charge in [-0.25, -0.2) is 26.6 Å². The molecule has 1 amide bonds. The number of aromatic nitrogens is 1. The number of benzene rings is 2. The first-order chi connectivity index (χ1) is 16.8. The average Bonchev–Trinajstić information content (AvgIpc) is 3.45. The van der Waals surface area contributed by atoms with Crippen molar-refractivity contribution in [2.45, 2.75) is 36.3 Å². The predicted octanol–water partition coefficient (Wildman–Crippen LogP) is 4.52. The number of halogens is 6. The van der Waals surface area contributed by atoms with E-state index < -0.39 is 64.6 Å². The first kappa shape index (κ1) is 26.1. The summed E-state index contributed by atoms with van der Waals surface area (Å²) < 4.78 is 107. The van der Waals surface area contributed by atoms with Gasteiger partial charge < -0.3 is 5.32 Å². The zero-order chi connectivity index (χ0) is 26.3. The van der Waals surface area contributed by atoms with Gasteiger partial charge in [-0.3, -0.25) is 4.79 Å². The summed E-state index contributed by atoms with van der Waals surface area (Å²) >= 11 is 0.670. The summed E-state index contributed by atoms with van der Waals surface area (Å²) in [6.07, 6.45) is -6.70. The van der Waals surface area contributed by atoms with E-state index in [9.17, 15) is 39.6 Å². The maximum atomic E-state index is 14.2. The van der Waals surface area contributed by atoms with Crippen molar-refractivity contribution < 1.29 is 39.6 Å². The van der Waals surface area contributed by atoms with Crippen molar-refractivity contribution in [3.63, 3.8) is 0 Å². The molecule has 2 heterocycles. The molecule has 0 spiro atoms. The maximum absolute atomic E-state index is 14.2. The van der Waals surface area contributed by atoms with Crippen LogP contribution in [-0.2, 0) is 27.5 Å². The molecule has 14 heteroatoms. The lowest BCUT2D eigenvalue weighted by atomic mass is 10.1. The summed E-state index contributed by atoms with van der Waals surface area (Å²) in [4.78, 5) is 15.9. The third-order valence-corrected chi connectivity index (χ3v) is 8.17. The largest absolute Gasteiger partial charge is 0.434 e. The number of thiazole rings is 1. The Hall–Kier alpha value is -2.97. The van der Waals surface area contributed by atoms with Crippen LogP contribution < -0.4 is 5.32 Å². The van der Waals surface area contributed by atoms with Crippen LogP contribution in [0.5, 0.6) is 0 Å². The number of hydrogen-bond acceptors (Lipinski definition) is 5. The van der Waals surface area contributed by atoms with E-state index >= 15 is 0 Å². The zero-order valence-corrected chi connectivity index (χ0v) is 19.7. The van der Waals surface area contributed by atoms with Crippen LogP contribution in [0.2, 0.25) is 0 Å². The highest BCUT2D eigenvalue weighted by molar-refractivity contribution is 7.89. The molecule has 1 N–H and O–H groups in total. The Balaban J connectivity index is 1.50. The van der Waals surface area contributed by atoms with E-state index in [2.05, 4.69) is 10.3 Å². The fourth-order valence-electron chi connectivity index (χ4n) is 3.72. The van der Waals surface area contributed by atoms with Crippen molar-refractivity contribution in [2.24, 2.45) is 0 Å². The van der Waals surface area contributed by atoms with Crippen molar-refractivity contribution in [2.75, 3.05) is 6.54 Å². The van der Waals surface area contributed by atoms with Crippen LogP contribution >= 0.6 is 11.3 Å². The van der Waals surface area contributed by atoms with E-state index in [0.29, 0.717) is 15.6 Å². The third kappa shape index (κ3) is 5.55. The highest BCUT2D eigenvalue weighted by atomic mass is 32.2. The van der Waals surface area contributed by atoms with E-state index in [0.717, 1.165) is 41.8 Å². The molecule has 0 radical (unpaired) electrons. The highest BCUT2D eigenvalue weighted by Gasteiger charge is 2.44. The van der Waals surface area contributed by atoms with E-state index in [1.54, 1.807) is 0 Å². The molecule has 1 aromatic heterocycles. The van der Waals surface area contributed by atoms with Crippen molar-refractivity contribution in [3.8, 4) is 10.6 Å². The lowest BCUT2D eigenvalue weighted by Gasteiger charge is -2.23. The second kappa shape index (κ2) is 9.82. The van der Waals surface area contributed by atoms with Crippen molar-refractivity contribution in [1.82, 2.24) is 14.6 Å². The van der Waals surface area contributed by atoms with Crippen LogP contribution in [0.25, 0.3) is 10.6 Å². The molecule has 0 bridgehead atoms. The first-order valence-electron chi connectivity index (χ1n) is 10.4. The number of sulfonamides is 1. The van der Waals surface area contributed by atoms with Gasteiger partial charge >= 0.3 is 6.18 Å². The monoisotopic (exact) mass is 549 g/mol. The van der Waals surface area contributed by atoms with Gasteiger partial charge in [-0.1, -0.05) is 0 Å². The molecule has 2 atom stereocenters. The van der Waals surface area contributed by atoms with Gasteiger partial charge in [0.25, 0.3) is 0 Å². The SMILES string of the molecule is O=C(NCc1cc(F)cc(-c2nc(C(F)(F)F)cs2)c1)[C@@H]1C[C@@H](F)CN1S(=O)(=O)c1ccc(F)cc1. The molecule has 3 aromatic rings. The minimum absolute atomic E-state index is 0.0601. The Bertz CT molecular complexity index is 1380. The summed E-state index contributed by atoms with van der Waals surface area (Å²) in [5.74, 6) is -2.30. The minimum Gasteiger partial charge on any atom is -0.351 e. The molecule has 0 unspecified atom stereocenters. The van der Waals surface area contributed by atoms with Crippen molar-refractivity contribution >= 4 is 27.3 Å². The van der Waals surface area contributed by atoms with Gasteiger partial charge in [0.05, 0.1) is 4.90 Å². The quantitative estimate of drug-likeness (QED) is 0.459. The predicted molar refractivity (Wildman–Crippen MR) is 118 cm³/mol. The Kier molecular flexibility index (Phi) is 7.12. The van der Waals surface area contributed by atoms with Crippen molar-refractivity contribution in [3.05, 3.63) is 70.7 Å². The fourth-order valence-corrected chi connectivity index (χ4v) is 6.16. The number of alkyl halides is 4. The second-order valence-electron chi connectivity index (χ2n) is 7.98. The van der Waals surface area contributed by atoms with Crippen LogP contribution in [0.3, 0.4) is 0 Å². The van der Waals surface area contributed by atoms with Gasteiger partial charge in [0.15, 0.2) is 5.69 Å². The van der Waals surface area contributed by atoms with Crippen molar-refractivity contribution in [1.29, 1.82) is 0 Å². The van der Waals surface area contributed by atoms with E-state index in [-0.39, 0.29) is 27.6 Å². The molecule has 2 aromatic carbocycles. The number of nitrogens with one attached hydrogen (secondary N) is 1. The normalized spacial score (nSPS) is 18.9. The second-order valence-corrected chi connectivity index (χ2v) is 10.7. The summed E-state index contributed by atoms with van der Waals surface area (Å²) in [5, 5.41) is 3.14. The van der Waals surface area contributed by atoms with Crippen LogP contribution in [0.15, 0.2) is 52.7 Å². The third-order valence-electron chi connectivity index (χ3n) is 5.39. The molecule has 1 saturated heterocycles. The lowest BCUT2D eigenvalue weighted by molar-refractivity contribution is -0.140. The van der Waals surface area contributed by atoms with Crippen LogP contribution in [0.1, 0.15) is 17.7 Å². The maximum Gasteiger partial charge on any atom is 0.434 e. The summed E-state index contributed by atoms with van der Waals surface area (Å²) in [5.41, 5.74) is -0.888. The molecule has 36 heavy (non-hydrogen) atoms. The van der Waals surface area contributed by atoms with Crippen LogP contribution in [0.4, 0.5) is 26.3 Å². The van der Waals surface area contributed by atoms with Gasteiger partial charge in [-0.05, 0) is 48.0 Å². The minimum atomic E-state index is -4.66. The standard InChI is InChI=1S/C22H17F6N3O3S2/c23-14-1-3-17(4-2-14)36(33,34)31-10-16(25)8-18(31)20(32)29-9-12-5-13(7-15(24)6-12)21-30-19(11-35-21)22(26,27)28/h1-7,11,16,18H,8-10H2,(H,29,32)/t16-,18+/m1/s1. The van der Waals surface area contributed by atoms with Gasteiger partial charge in [-0.2, -0.15) is 17.5 Å². The summed E-state index contributed by atoms with van der Waals surface area (Å²) in [7, 11) is -4.32. The van der Waals surface area contributed by atoms with Gasteiger partial charge in [0.1, 0.15) is 28.9 Å². The molecule has 1 aliphatic heterocycles. The number of hydrogen-bond donors (Lipinski definition) is 1. The number of carbonyl (C=O) groups is 1. The van der Waals surface area contributed by atoms with E-state index in [1.165, 1.54) is 6.07 Å². The van der Waals surface area contributed by atoms with Gasteiger partial charge in [-0.15, -0.1) is 11.3 Å². The Labute approximate surface area is 205 Å². The molecular formula is C22H17F6N3O3S2. The van der Waals surface area contributed by atoms with Crippen LogP contribution in [-0.4, -0.2) is 42.4 Å². The topological polar surface area (TPSA) is 79.4 Å². The molecule has 1 fully saturated rings. The number of rotatable bonds is 6. The molecule has 0 aliphatic carbocycles. The highest BCUT2D eigenvalue weighted by Crippen LogP contribution is 2.34. The molecular weight excluding hydrogens is 532 g/mol. The number of nitrogens with zero attached hydrogens (tertiary/aromatic N) is 2.